The van der Waals surface area contributed by atoms with Gasteiger partial charge in [0.15, 0.2) is 0 Å². The maximum Gasteiger partial charge on any atom is -0.0195 e. The van der Waals surface area contributed by atoms with Crippen LogP contribution >= 0.6 is 31.7 Å². The lowest BCUT2D eigenvalue weighted by molar-refractivity contribution is 0.366. The van der Waals surface area contributed by atoms with Crippen molar-refractivity contribution in [3.63, 3.8) is 0 Å². The summed E-state index contributed by atoms with van der Waals surface area (Å²) in [7, 11) is -2.30. The van der Waals surface area contributed by atoms with E-state index in [1.165, 1.54) is 73.5 Å². The molecule has 0 unspecified atom stereocenters. The Labute approximate surface area is 369 Å². The smallest absolute Gasteiger partial charge is 0.0195 e. The summed E-state index contributed by atoms with van der Waals surface area (Å²) in [5, 5.41) is 12.0. The first-order valence-electron chi connectivity index (χ1n) is 21.8. The van der Waals surface area contributed by atoms with E-state index in [2.05, 4.69) is 243 Å². The fraction of sp³-hybridized carbons (Fsp3) is 0.158. The maximum absolute atomic E-state index is 2.42. The predicted octanol–water partition coefficient (Wildman–Crippen LogP) is 11.4. The van der Waals surface area contributed by atoms with Gasteiger partial charge in [0, 0.05) is 0 Å². The number of hydrogen-bond donors (Lipinski definition) is 0. The fourth-order valence-electron chi connectivity index (χ4n) is 9.62. The Morgan fingerprint density at radius 2 is 0.393 bits per heavy atom. The van der Waals surface area contributed by atoms with E-state index in [0.717, 1.165) is 0 Å². The quantitative estimate of drug-likeness (QED) is 0.0849. The molecule has 9 rings (SSSR count). The van der Waals surface area contributed by atoms with Gasteiger partial charge < -0.3 is 0 Å². The van der Waals surface area contributed by atoms with Crippen molar-refractivity contribution < 1.29 is 0 Å². The molecule has 0 heterocycles. The molecular formula is C57H54P4. The van der Waals surface area contributed by atoms with Crippen LogP contribution in [0.15, 0.2) is 243 Å². The van der Waals surface area contributed by atoms with Crippen LogP contribution < -0.4 is 42.4 Å². The van der Waals surface area contributed by atoms with Crippen molar-refractivity contribution in [2.75, 3.05) is 24.6 Å². The van der Waals surface area contributed by atoms with E-state index in [1.54, 1.807) is 0 Å². The minimum absolute atomic E-state index is 0.558. The third-order valence-electron chi connectivity index (χ3n) is 12.5. The van der Waals surface area contributed by atoms with Gasteiger partial charge in [-0.3, -0.25) is 0 Å². The second-order valence-electron chi connectivity index (χ2n) is 16.2. The van der Waals surface area contributed by atoms with Crippen molar-refractivity contribution in [2.45, 2.75) is 6.42 Å². The molecule has 61 heavy (non-hydrogen) atoms. The third-order valence-corrected chi connectivity index (χ3v) is 23.1. The van der Waals surface area contributed by atoms with Gasteiger partial charge in [0.2, 0.25) is 0 Å². The molecule has 1 aliphatic rings. The Kier molecular flexibility index (Phi) is 14.4. The zero-order valence-electron chi connectivity index (χ0n) is 34.7. The topological polar surface area (TPSA) is 0 Å². The van der Waals surface area contributed by atoms with Crippen LogP contribution in [0.25, 0.3) is 0 Å². The van der Waals surface area contributed by atoms with Gasteiger partial charge in [-0.2, -0.15) is 0 Å². The molecular weight excluding hydrogens is 809 g/mol. The summed E-state index contributed by atoms with van der Waals surface area (Å²) in [5.74, 6) is 2.31. The summed E-state index contributed by atoms with van der Waals surface area (Å²) in [6.07, 6.45) is 6.13. The molecule has 0 spiro atoms. The first kappa shape index (κ1) is 41.8. The molecule has 8 aromatic rings. The molecule has 4 atom stereocenters. The van der Waals surface area contributed by atoms with E-state index in [1.807, 2.05) is 0 Å². The van der Waals surface area contributed by atoms with Gasteiger partial charge in [-0.1, -0.05) is 243 Å². The summed E-state index contributed by atoms with van der Waals surface area (Å²) in [6.45, 7) is 0. The van der Waals surface area contributed by atoms with Crippen LogP contribution in [-0.2, 0) is 0 Å². The minimum atomic E-state index is -0.589. The van der Waals surface area contributed by atoms with Crippen molar-refractivity contribution in [1.29, 1.82) is 0 Å². The van der Waals surface area contributed by atoms with Crippen LogP contribution in [0.1, 0.15) is 6.42 Å². The Morgan fingerprint density at radius 3 is 0.574 bits per heavy atom. The SMILES string of the molecule is c1ccc(P(C[C@@H]2C[C@@H](CP(c3ccccc3)c3ccccc3)[C@@H](CP(c3ccccc3)c3ccccc3)[C@@H]2CP(c2ccccc2)c2ccccc2)c2ccccc2)cc1. The van der Waals surface area contributed by atoms with Crippen LogP contribution in [0.5, 0.6) is 0 Å². The lowest BCUT2D eigenvalue weighted by atomic mass is 9.91. The number of rotatable bonds is 16. The molecule has 4 heteroatoms. The van der Waals surface area contributed by atoms with E-state index < -0.39 is 31.7 Å². The third kappa shape index (κ3) is 10.4. The molecule has 0 radical (unpaired) electrons. The van der Waals surface area contributed by atoms with E-state index in [-0.39, 0.29) is 0 Å². The molecule has 0 bridgehead atoms. The zero-order valence-corrected chi connectivity index (χ0v) is 38.3. The Hall–Kier alpha value is -4.52. The van der Waals surface area contributed by atoms with Crippen LogP contribution in [0, 0.1) is 23.7 Å². The standard InChI is InChI=1S/C57H54P4/c1-9-25-48(26-10-1)58(49-27-11-2-12-28-49)42-46-41-47(43-59(50-29-13-3-14-30-50)51-31-15-4-16-32-51)57(45-61(54-37-21-7-22-38-54)55-39-23-8-24-40-55)56(46)44-60(52-33-17-5-18-34-52)53-35-19-6-20-36-53/h1-40,46-47,56-57H,41-45H2/t46-,47-,56+,57+/m0/s1. The molecule has 0 aromatic heterocycles. The summed E-state index contributed by atoms with van der Waals surface area (Å²) in [4.78, 5) is 0. The average Bonchev–Trinajstić information content (AvgIpc) is 3.67. The van der Waals surface area contributed by atoms with Crippen molar-refractivity contribution in [3.8, 4) is 0 Å². The molecule has 0 aliphatic heterocycles. The lowest BCUT2D eigenvalue weighted by Crippen LogP contribution is -2.32. The maximum atomic E-state index is 2.42. The highest BCUT2D eigenvalue weighted by atomic mass is 31.1. The molecule has 0 amide bonds. The highest BCUT2D eigenvalue weighted by Crippen LogP contribution is 2.57. The Balaban J connectivity index is 1.21. The van der Waals surface area contributed by atoms with Gasteiger partial charge >= 0.3 is 0 Å². The van der Waals surface area contributed by atoms with Crippen LogP contribution in [0.3, 0.4) is 0 Å². The van der Waals surface area contributed by atoms with E-state index in [0.29, 0.717) is 23.7 Å². The van der Waals surface area contributed by atoms with E-state index in [4.69, 9.17) is 0 Å². The van der Waals surface area contributed by atoms with Crippen molar-refractivity contribution in [3.05, 3.63) is 243 Å². The van der Waals surface area contributed by atoms with Crippen molar-refractivity contribution >= 4 is 74.1 Å². The van der Waals surface area contributed by atoms with Crippen molar-refractivity contribution in [2.24, 2.45) is 23.7 Å². The largest absolute Gasteiger partial charge is 0.0622 e. The van der Waals surface area contributed by atoms with E-state index in [9.17, 15) is 0 Å². The minimum Gasteiger partial charge on any atom is -0.0622 e. The molecule has 1 saturated carbocycles. The number of hydrogen-bond acceptors (Lipinski definition) is 0. The van der Waals surface area contributed by atoms with Gasteiger partial charge in [-0.25, -0.2) is 0 Å². The fourth-order valence-corrected chi connectivity index (χ4v) is 20.5. The molecule has 1 fully saturated rings. The monoisotopic (exact) mass is 862 g/mol. The molecule has 0 nitrogen and oxygen atoms in total. The van der Waals surface area contributed by atoms with Crippen LogP contribution in [-0.4, -0.2) is 24.6 Å². The first-order valence-corrected chi connectivity index (χ1v) is 27.9. The Bertz CT molecular complexity index is 2140. The molecule has 1 aliphatic carbocycles. The average molecular weight is 863 g/mol. The number of benzene rings is 8. The summed E-state index contributed by atoms with van der Waals surface area (Å²) < 4.78 is 0. The highest BCUT2D eigenvalue weighted by molar-refractivity contribution is 7.74. The summed E-state index contributed by atoms with van der Waals surface area (Å²) in [6, 6.07) is 92.3. The second-order valence-corrected chi connectivity index (χ2v) is 25.2. The zero-order chi connectivity index (χ0) is 41.1. The van der Waals surface area contributed by atoms with Crippen molar-refractivity contribution in [1.82, 2.24) is 0 Å². The molecule has 0 N–H and O–H groups in total. The molecule has 0 saturated heterocycles. The highest BCUT2D eigenvalue weighted by Gasteiger charge is 2.46. The van der Waals surface area contributed by atoms with Crippen LogP contribution in [0.4, 0.5) is 0 Å². The van der Waals surface area contributed by atoms with Gasteiger partial charge in [-0.05, 0) is 129 Å². The molecule has 8 aromatic carbocycles. The summed E-state index contributed by atoms with van der Waals surface area (Å²) in [5.41, 5.74) is 0. The van der Waals surface area contributed by atoms with Gasteiger partial charge in [0.1, 0.15) is 0 Å². The van der Waals surface area contributed by atoms with Gasteiger partial charge in [0.05, 0.1) is 0 Å². The van der Waals surface area contributed by atoms with Gasteiger partial charge in [-0.15, -0.1) is 0 Å². The summed E-state index contributed by atoms with van der Waals surface area (Å²) >= 11 is 0. The second kappa shape index (κ2) is 21.0. The lowest BCUT2D eigenvalue weighted by Gasteiger charge is -2.35. The predicted molar refractivity (Wildman–Crippen MR) is 274 cm³/mol. The molecule has 302 valence electrons. The van der Waals surface area contributed by atoms with Gasteiger partial charge in [0.25, 0.3) is 0 Å². The van der Waals surface area contributed by atoms with E-state index >= 15 is 0 Å². The normalized spacial score (nSPS) is 17.6. The first-order chi connectivity index (χ1) is 30.3. The Morgan fingerprint density at radius 1 is 0.230 bits per heavy atom. The van der Waals surface area contributed by atoms with Crippen LogP contribution in [0.2, 0.25) is 0 Å².